The van der Waals surface area contributed by atoms with E-state index in [-0.39, 0.29) is 23.4 Å². The van der Waals surface area contributed by atoms with Crippen LogP contribution in [0, 0.1) is 0 Å². The Morgan fingerprint density at radius 1 is 0.949 bits per heavy atom. The molecule has 5 rings (SSSR count). The van der Waals surface area contributed by atoms with Gasteiger partial charge in [0.05, 0.1) is 34.7 Å². The van der Waals surface area contributed by atoms with Crippen LogP contribution in [0.1, 0.15) is 5.69 Å². The second kappa shape index (κ2) is 10.4. The smallest absolute Gasteiger partial charge is 0.332 e. The molecule has 0 amide bonds. The van der Waals surface area contributed by atoms with Gasteiger partial charge in [-0.25, -0.2) is 19.7 Å². The van der Waals surface area contributed by atoms with E-state index in [0.717, 1.165) is 4.57 Å². The lowest BCUT2D eigenvalue weighted by molar-refractivity contribution is 0.390. The Morgan fingerprint density at radius 3 is 2.36 bits per heavy atom. The average Bonchev–Trinajstić information content (AvgIpc) is 2.96. The third-order valence-corrected chi connectivity index (χ3v) is 7.07. The minimum Gasteiger partial charge on any atom is -0.480 e. The molecule has 0 unspecified atom stereocenters. The molecule has 0 fully saturated rings. The zero-order valence-electron chi connectivity index (χ0n) is 21.1. The maximum Gasteiger partial charge on any atom is 0.332 e. The van der Waals surface area contributed by atoms with Crippen molar-refractivity contribution < 1.29 is 4.74 Å². The molecule has 198 valence electrons. The quantitative estimate of drug-likeness (QED) is 0.315. The van der Waals surface area contributed by atoms with Crippen LogP contribution in [0.3, 0.4) is 0 Å². The molecule has 2 aromatic carbocycles. The highest BCUT2D eigenvalue weighted by atomic mass is 35.5. The number of rotatable bonds is 6. The molecule has 39 heavy (non-hydrogen) atoms. The zero-order chi connectivity index (χ0) is 27.8. The summed E-state index contributed by atoms with van der Waals surface area (Å²) < 4.78 is 7.61. The molecule has 0 radical (unpaired) electrons. The number of hydrogen-bond acceptors (Lipinski definition) is 9. The fourth-order valence-corrected chi connectivity index (χ4v) is 4.82. The summed E-state index contributed by atoms with van der Waals surface area (Å²) in [6, 6.07) is 10.8. The van der Waals surface area contributed by atoms with E-state index >= 15 is 0 Å². The molecule has 0 aliphatic heterocycles. The summed E-state index contributed by atoms with van der Waals surface area (Å²) >= 11 is 13.7. The number of aryl methyl sites for hydroxylation is 1. The summed E-state index contributed by atoms with van der Waals surface area (Å²) in [4.78, 5) is 42.5. The highest BCUT2D eigenvalue weighted by Crippen LogP contribution is 2.41. The Labute approximate surface area is 231 Å². The lowest BCUT2D eigenvalue weighted by Crippen LogP contribution is -2.37. The van der Waals surface area contributed by atoms with Crippen LogP contribution in [0.15, 0.2) is 58.5 Å². The number of fused-ring (bicyclic) bond motifs is 1. The number of halogens is 2. The third kappa shape index (κ3) is 4.50. The van der Waals surface area contributed by atoms with Gasteiger partial charge in [0.25, 0.3) is 5.56 Å². The van der Waals surface area contributed by atoms with Crippen molar-refractivity contribution in [3.05, 3.63) is 85.5 Å². The topological polar surface area (TPSA) is 143 Å². The van der Waals surface area contributed by atoms with Gasteiger partial charge in [-0.05, 0) is 6.07 Å². The standard InChI is InChI=1S/C26H22Cl2N8O3/c1-35-23-19(25(37)36(2)26(35)38)22(31-12-32-23)33-16-9-5-7-14(21(16)28)13-6-4-8-15(20(13)27)18-11-30-17(10-29)24(34-18)39-3/h4-9,11-12H,10,29H2,1-3H3,(H,31,32,33). The second-order valence-electron chi connectivity index (χ2n) is 8.50. The van der Waals surface area contributed by atoms with E-state index in [2.05, 4.69) is 25.3 Å². The molecule has 3 aromatic heterocycles. The van der Waals surface area contributed by atoms with Crippen molar-refractivity contribution in [2.75, 3.05) is 12.4 Å². The van der Waals surface area contributed by atoms with Crippen molar-refractivity contribution in [1.82, 2.24) is 29.1 Å². The first-order valence-electron chi connectivity index (χ1n) is 11.6. The van der Waals surface area contributed by atoms with E-state index in [4.69, 9.17) is 33.7 Å². The number of nitrogens with two attached hydrogens (primary N) is 1. The highest BCUT2D eigenvalue weighted by molar-refractivity contribution is 6.39. The Kier molecular flexibility index (Phi) is 7.04. The maximum atomic E-state index is 12.9. The number of nitrogens with one attached hydrogen (secondary N) is 1. The Balaban J connectivity index is 1.60. The van der Waals surface area contributed by atoms with Gasteiger partial charge in [0.15, 0.2) is 5.65 Å². The normalized spacial score (nSPS) is 11.1. The Hall–Kier alpha value is -4.32. The molecule has 3 N–H and O–H groups in total. The van der Waals surface area contributed by atoms with Crippen LogP contribution in [0.2, 0.25) is 10.0 Å². The van der Waals surface area contributed by atoms with Crippen molar-refractivity contribution in [2.24, 2.45) is 19.8 Å². The fraction of sp³-hybridized carbons (Fsp3) is 0.154. The first-order valence-corrected chi connectivity index (χ1v) is 12.4. The van der Waals surface area contributed by atoms with E-state index in [1.807, 2.05) is 24.3 Å². The van der Waals surface area contributed by atoms with Crippen LogP contribution in [0.25, 0.3) is 33.4 Å². The molecule has 0 aliphatic carbocycles. The number of aromatic nitrogens is 6. The van der Waals surface area contributed by atoms with Crippen molar-refractivity contribution >= 4 is 45.7 Å². The predicted octanol–water partition coefficient (Wildman–Crippen LogP) is 3.67. The predicted molar refractivity (Wildman–Crippen MR) is 151 cm³/mol. The summed E-state index contributed by atoms with van der Waals surface area (Å²) in [6.45, 7) is 0.184. The second-order valence-corrected chi connectivity index (χ2v) is 9.26. The Morgan fingerprint density at radius 2 is 1.64 bits per heavy atom. The van der Waals surface area contributed by atoms with Crippen molar-refractivity contribution in [1.29, 1.82) is 0 Å². The largest absolute Gasteiger partial charge is 0.480 e. The lowest BCUT2D eigenvalue weighted by atomic mass is 10.0. The first kappa shape index (κ1) is 26.3. The van der Waals surface area contributed by atoms with Crippen molar-refractivity contribution in [3.63, 3.8) is 0 Å². The average molecular weight is 565 g/mol. The van der Waals surface area contributed by atoms with Crippen LogP contribution in [0.4, 0.5) is 11.5 Å². The minimum atomic E-state index is -0.531. The highest BCUT2D eigenvalue weighted by Gasteiger charge is 2.19. The van der Waals surface area contributed by atoms with Crippen LogP contribution >= 0.6 is 23.2 Å². The molecule has 0 spiro atoms. The van der Waals surface area contributed by atoms with Crippen LogP contribution in [0.5, 0.6) is 5.88 Å². The van der Waals surface area contributed by atoms with E-state index in [9.17, 15) is 9.59 Å². The number of anilines is 2. The summed E-state index contributed by atoms with van der Waals surface area (Å²) in [5.41, 5.74) is 8.31. The Bertz CT molecular complexity index is 1870. The van der Waals surface area contributed by atoms with E-state index in [0.29, 0.717) is 49.7 Å². The van der Waals surface area contributed by atoms with Crippen LogP contribution < -0.4 is 27.0 Å². The first-order chi connectivity index (χ1) is 18.8. The van der Waals surface area contributed by atoms with Gasteiger partial charge >= 0.3 is 5.69 Å². The zero-order valence-corrected chi connectivity index (χ0v) is 22.6. The SMILES string of the molecule is COc1nc(-c2cccc(-c3cccc(Nc4ncnc5c4c(=O)n(C)c(=O)n5C)c3Cl)c2Cl)cnc1CN. The molecule has 0 saturated carbocycles. The molecular weight excluding hydrogens is 543 g/mol. The third-order valence-electron chi connectivity index (χ3n) is 6.25. The monoisotopic (exact) mass is 564 g/mol. The van der Waals surface area contributed by atoms with Crippen molar-refractivity contribution in [3.8, 4) is 28.3 Å². The molecule has 11 nitrogen and oxygen atoms in total. The van der Waals surface area contributed by atoms with Gasteiger partial charge in [0, 0.05) is 37.3 Å². The van der Waals surface area contributed by atoms with E-state index in [1.165, 1.54) is 32.1 Å². The molecule has 0 atom stereocenters. The van der Waals surface area contributed by atoms with Gasteiger partial charge in [-0.3, -0.25) is 18.9 Å². The van der Waals surface area contributed by atoms with Gasteiger partial charge < -0.3 is 15.8 Å². The molecule has 0 aliphatic rings. The molecule has 5 aromatic rings. The lowest BCUT2D eigenvalue weighted by Gasteiger charge is -2.15. The van der Waals surface area contributed by atoms with E-state index in [1.54, 1.807) is 18.3 Å². The maximum absolute atomic E-state index is 12.9. The van der Waals surface area contributed by atoms with E-state index < -0.39 is 11.2 Å². The summed E-state index contributed by atoms with van der Waals surface area (Å²) in [5, 5.41) is 4.03. The van der Waals surface area contributed by atoms with Gasteiger partial charge in [-0.1, -0.05) is 53.5 Å². The molecular formula is C26H22Cl2N8O3. The summed E-state index contributed by atoms with van der Waals surface area (Å²) in [7, 11) is 4.43. The van der Waals surface area contributed by atoms with Gasteiger partial charge in [-0.2, -0.15) is 0 Å². The van der Waals surface area contributed by atoms with Crippen molar-refractivity contribution in [2.45, 2.75) is 6.54 Å². The summed E-state index contributed by atoms with van der Waals surface area (Å²) in [6.07, 6.45) is 2.86. The van der Waals surface area contributed by atoms with Gasteiger partial charge in [0.2, 0.25) is 5.88 Å². The van der Waals surface area contributed by atoms with Gasteiger partial charge in [-0.15, -0.1) is 0 Å². The number of nitrogens with zero attached hydrogens (tertiary/aromatic N) is 6. The molecule has 13 heteroatoms. The van der Waals surface area contributed by atoms with Crippen LogP contribution in [-0.4, -0.2) is 36.2 Å². The summed E-state index contributed by atoms with van der Waals surface area (Å²) in [5.74, 6) is 0.527. The van der Waals surface area contributed by atoms with Crippen LogP contribution in [-0.2, 0) is 20.6 Å². The number of methoxy groups -OCH3 is 1. The van der Waals surface area contributed by atoms with Gasteiger partial charge in [0.1, 0.15) is 23.2 Å². The minimum absolute atomic E-state index is 0.150. The number of ether oxygens (including phenoxy) is 1. The number of hydrogen-bond donors (Lipinski definition) is 2. The number of benzene rings is 2. The fourth-order valence-electron chi connectivity index (χ4n) is 4.22. The molecule has 0 saturated heterocycles. The molecule has 0 bridgehead atoms. The molecule has 3 heterocycles.